The number of nitrogens with zero attached hydrogens (tertiary/aromatic N) is 3. The summed E-state index contributed by atoms with van der Waals surface area (Å²) in [5, 5.41) is 3.45. The molecule has 0 saturated heterocycles. The molecule has 0 aliphatic rings. The molecule has 0 aliphatic heterocycles. The van der Waals surface area contributed by atoms with Gasteiger partial charge in [-0.1, -0.05) is 158 Å². The average Bonchev–Trinajstić information content (AvgIpc) is 3.82. The van der Waals surface area contributed by atoms with Crippen molar-refractivity contribution in [3.8, 4) is 61.7 Å². The van der Waals surface area contributed by atoms with E-state index in [9.17, 15) is 0 Å². The smallest absolute Gasteiger partial charge is 0.180 e. The lowest BCUT2D eigenvalue weighted by Gasteiger charge is -2.10. The molecule has 4 heteroatoms. The Labute approximate surface area is 323 Å². The van der Waals surface area contributed by atoms with Crippen LogP contribution in [-0.4, -0.2) is 14.5 Å². The van der Waals surface area contributed by atoms with Crippen LogP contribution in [0.4, 0.5) is 0 Å². The van der Waals surface area contributed by atoms with Crippen LogP contribution >= 0.6 is 0 Å². The predicted octanol–water partition coefficient (Wildman–Crippen LogP) is 13.8. The van der Waals surface area contributed by atoms with Gasteiger partial charge in [0.2, 0.25) is 0 Å². The largest absolute Gasteiger partial charge is 0.452 e. The Kier molecular flexibility index (Phi) is 7.46. The van der Waals surface area contributed by atoms with E-state index in [0.29, 0.717) is 11.4 Å². The maximum absolute atomic E-state index is 6.61. The predicted molar refractivity (Wildman–Crippen MR) is 231 cm³/mol. The van der Waals surface area contributed by atoms with E-state index in [4.69, 9.17) is 14.4 Å². The minimum absolute atomic E-state index is 0.665. The highest BCUT2D eigenvalue weighted by molar-refractivity contribution is 6.11. The van der Waals surface area contributed by atoms with Crippen LogP contribution in [0.5, 0.6) is 0 Å². The molecule has 0 saturated carbocycles. The number of fused-ring (bicyclic) bond motifs is 6. The number of para-hydroxylation sites is 2. The second-order valence-corrected chi connectivity index (χ2v) is 14.2. The molecule has 3 heterocycles. The summed E-state index contributed by atoms with van der Waals surface area (Å²) in [5.74, 6) is 0.665. The zero-order valence-electron chi connectivity index (χ0n) is 30.3. The summed E-state index contributed by atoms with van der Waals surface area (Å²) in [6.45, 7) is 0. The van der Waals surface area contributed by atoms with E-state index in [1.165, 1.54) is 27.4 Å². The van der Waals surface area contributed by atoms with Crippen molar-refractivity contribution in [2.24, 2.45) is 0 Å². The summed E-state index contributed by atoms with van der Waals surface area (Å²) in [6, 6.07) is 70.4. The van der Waals surface area contributed by atoms with Crippen LogP contribution in [-0.2, 0) is 0 Å². The first-order valence-corrected chi connectivity index (χ1v) is 18.9. The van der Waals surface area contributed by atoms with Crippen LogP contribution < -0.4 is 0 Å². The van der Waals surface area contributed by atoms with Crippen molar-refractivity contribution in [2.45, 2.75) is 0 Å². The highest BCUT2D eigenvalue weighted by atomic mass is 16.3. The SMILES string of the molecule is c1ccc(-c2ccc(-c3nc(-c4ccccc4)nc4c3oc3ccc(-c5cccc(-c6ccc7c8ccccc8n(-c8ccccc8)c7c6)c5)cc34)cc2)cc1. The Morgan fingerprint density at radius 3 is 1.68 bits per heavy atom. The molecule has 11 rings (SSSR count). The third-order valence-electron chi connectivity index (χ3n) is 10.8. The average molecular weight is 716 g/mol. The first-order valence-electron chi connectivity index (χ1n) is 18.9. The number of benzene rings is 8. The summed E-state index contributed by atoms with van der Waals surface area (Å²) >= 11 is 0. The maximum Gasteiger partial charge on any atom is 0.180 e. The van der Waals surface area contributed by atoms with Crippen LogP contribution in [0, 0.1) is 0 Å². The molecule has 56 heavy (non-hydrogen) atoms. The molecule has 0 atom stereocenters. The van der Waals surface area contributed by atoms with Gasteiger partial charge in [0.1, 0.15) is 16.8 Å². The molecule has 0 fully saturated rings. The van der Waals surface area contributed by atoms with E-state index in [2.05, 4.69) is 180 Å². The lowest BCUT2D eigenvalue weighted by molar-refractivity contribution is 0.667. The summed E-state index contributed by atoms with van der Waals surface area (Å²) in [7, 11) is 0. The normalized spacial score (nSPS) is 11.6. The molecule has 0 radical (unpaired) electrons. The molecular weight excluding hydrogens is 683 g/mol. The van der Waals surface area contributed by atoms with E-state index in [1.54, 1.807) is 0 Å². The number of furan rings is 1. The Bertz CT molecular complexity index is 3220. The molecule has 262 valence electrons. The van der Waals surface area contributed by atoms with Crippen LogP contribution in [0.1, 0.15) is 0 Å². The molecule has 0 N–H and O–H groups in total. The molecule has 0 amide bonds. The van der Waals surface area contributed by atoms with Crippen molar-refractivity contribution in [3.63, 3.8) is 0 Å². The summed E-state index contributed by atoms with van der Waals surface area (Å²) < 4.78 is 8.98. The zero-order valence-corrected chi connectivity index (χ0v) is 30.3. The fourth-order valence-corrected chi connectivity index (χ4v) is 8.07. The lowest BCUT2D eigenvalue weighted by Crippen LogP contribution is -1.94. The minimum Gasteiger partial charge on any atom is -0.452 e. The molecular formula is C52H33N3O. The van der Waals surface area contributed by atoms with Gasteiger partial charge in [0.15, 0.2) is 11.4 Å². The van der Waals surface area contributed by atoms with Crippen LogP contribution in [0.15, 0.2) is 205 Å². The van der Waals surface area contributed by atoms with Crippen molar-refractivity contribution in [3.05, 3.63) is 200 Å². The standard InChI is InChI=1S/C52H33N3O/c1-4-13-34(14-5-1)35-23-25-36(26-24-35)49-51-50(54-52(53-49)37-15-6-2-7-16-37)45-32-40(28-30-48(45)56-51)38-17-12-18-39(31-38)41-27-29-44-43-21-10-11-22-46(43)55(47(44)33-41)42-19-8-3-9-20-42/h1-33H. The highest BCUT2D eigenvalue weighted by Gasteiger charge is 2.19. The summed E-state index contributed by atoms with van der Waals surface area (Å²) in [5.41, 5.74) is 15.4. The first kappa shape index (κ1) is 31.9. The van der Waals surface area contributed by atoms with Crippen molar-refractivity contribution in [1.82, 2.24) is 14.5 Å². The highest BCUT2D eigenvalue weighted by Crippen LogP contribution is 2.39. The molecule has 0 spiro atoms. The van der Waals surface area contributed by atoms with Gasteiger partial charge in [0.05, 0.1) is 11.0 Å². The van der Waals surface area contributed by atoms with Gasteiger partial charge in [-0.25, -0.2) is 9.97 Å². The third kappa shape index (κ3) is 5.39. The van der Waals surface area contributed by atoms with E-state index in [0.717, 1.165) is 66.8 Å². The Morgan fingerprint density at radius 1 is 0.357 bits per heavy atom. The quantitative estimate of drug-likeness (QED) is 0.172. The zero-order chi connectivity index (χ0) is 37.0. The maximum atomic E-state index is 6.61. The minimum atomic E-state index is 0.665. The molecule has 0 bridgehead atoms. The topological polar surface area (TPSA) is 43.9 Å². The second-order valence-electron chi connectivity index (χ2n) is 14.2. The van der Waals surface area contributed by atoms with E-state index >= 15 is 0 Å². The van der Waals surface area contributed by atoms with Crippen LogP contribution in [0.3, 0.4) is 0 Å². The number of rotatable bonds is 6. The van der Waals surface area contributed by atoms with Crippen molar-refractivity contribution >= 4 is 43.9 Å². The second kappa shape index (κ2) is 13.1. The summed E-state index contributed by atoms with van der Waals surface area (Å²) in [6.07, 6.45) is 0. The molecule has 11 aromatic rings. The lowest BCUT2D eigenvalue weighted by atomic mass is 9.97. The van der Waals surface area contributed by atoms with Gasteiger partial charge in [0, 0.05) is 33.0 Å². The fraction of sp³-hybridized carbons (Fsp3) is 0. The van der Waals surface area contributed by atoms with Crippen molar-refractivity contribution < 1.29 is 4.42 Å². The first-order chi connectivity index (χ1) is 27.7. The Morgan fingerprint density at radius 2 is 0.911 bits per heavy atom. The number of hydrogen-bond acceptors (Lipinski definition) is 3. The van der Waals surface area contributed by atoms with Gasteiger partial charge in [-0.3, -0.25) is 0 Å². The van der Waals surface area contributed by atoms with Gasteiger partial charge in [0.25, 0.3) is 0 Å². The molecule has 0 aliphatic carbocycles. The summed E-state index contributed by atoms with van der Waals surface area (Å²) in [4.78, 5) is 10.3. The molecule has 8 aromatic carbocycles. The van der Waals surface area contributed by atoms with E-state index in [-0.39, 0.29) is 0 Å². The van der Waals surface area contributed by atoms with E-state index in [1.807, 2.05) is 24.3 Å². The Balaban J connectivity index is 1.03. The Hall–Kier alpha value is -7.56. The molecule has 3 aromatic heterocycles. The van der Waals surface area contributed by atoms with Crippen LogP contribution in [0.25, 0.3) is 106 Å². The fourth-order valence-electron chi connectivity index (χ4n) is 8.07. The number of hydrogen-bond donors (Lipinski definition) is 0. The van der Waals surface area contributed by atoms with Gasteiger partial charge >= 0.3 is 0 Å². The van der Waals surface area contributed by atoms with Crippen molar-refractivity contribution in [2.75, 3.05) is 0 Å². The number of aromatic nitrogens is 3. The van der Waals surface area contributed by atoms with Crippen LogP contribution in [0.2, 0.25) is 0 Å². The molecule has 4 nitrogen and oxygen atoms in total. The van der Waals surface area contributed by atoms with Gasteiger partial charge < -0.3 is 8.98 Å². The third-order valence-corrected chi connectivity index (χ3v) is 10.8. The molecule has 0 unspecified atom stereocenters. The van der Waals surface area contributed by atoms with Gasteiger partial charge in [-0.2, -0.15) is 0 Å². The van der Waals surface area contributed by atoms with Crippen molar-refractivity contribution in [1.29, 1.82) is 0 Å². The van der Waals surface area contributed by atoms with Gasteiger partial charge in [-0.15, -0.1) is 0 Å². The monoisotopic (exact) mass is 715 g/mol. The van der Waals surface area contributed by atoms with Gasteiger partial charge in [-0.05, 0) is 75.8 Å². The van der Waals surface area contributed by atoms with E-state index < -0.39 is 0 Å².